The van der Waals surface area contributed by atoms with E-state index in [0.717, 1.165) is 30.7 Å². The van der Waals surface area contributed by atoms with Crippen LogP contribution in [0.1, 0.15) is 57.6 Å². The molecule has 2 heterocycles. The van der Waals surface area contributed by atoms with Gasteiger partial charge >= 0.3 is 0 Å². The second-order valence-electron chi connectivity index (χ2n) is 7.46. The Morgan fingerprint density at radius 2 is 2.23 bits per heavy atom. The van der Waals surface area contributed by atoms with Gasteiger partial charge in [0.2, 0.25) is 0 Å². The number of hydrogen-bond acceptors (Lipinski definition) is 4. The van der Waals surface area contributed by atoms with E-state index in [1.54, 1.807) is 0 Å². The minimum absolute atomic E-state index is 0.330. The number of nitrogens with one attached hydrogen (secondary N) is 1. The molecule has 2 aromatic rings. The Bertz CT molecular complexity index is 687. The lowest BCUT2D eigenvalue weighted by Crippen LogP contribution is -2.22. The zero-order chi connectivity index (χ0) is 15.3. The van der Waals surface area contributed by atoms with E-state index < -0.39 is 0 Å². The summed E-state index contributed by atoms with van der Waals surface area (Å²) in [6.07, 6.45) is 7.71. The van der Waals surface area contributed by atoms with E-state index in [9.17, 15) is 0 Å². The molecule has 5 heteroatoms. The molecule has 2 aliphatic carbocycles. The fraction of sp³-hybridized carbons (Fsp3) is 0.647. The van der Waals surface area contributed by atoms with E-state index in [0.29, 0.717) is 23.4 Å². The van der Waals surface area contributed by atoms with Crippen molar-refractivity contribution in [2.24, 2.45) is 11.1 Å². The number of nitrogens with two attached hydrogens (primary N) is 1. The smallest absolute Gasteiger partial charge is 0.157 e. The first-order valence-electron chi connectivity index (χ1n) is 8.42. The molecule has 3 N–H and O–H groups in total. The molecular formula is C17H25N5. The number of hydrogen-bond donors (Lipinski definition) is 2. The summed E-state index contributed by atoms with van der Waals surface area (Å²) < 4.78 is 1.91. The molecule has 2 fully saturated rings. The number of aromatic nitrogens is 3. The van der Waals surface area contributed by atoms with Crippen molar-refractivity contribution in [3.63, 3.8) is 0 Å². The molecular weight excluding hydrogens is 274 g/mol. The molecule has 2 aliphatic rings. The van der Waals surface area contributed by atoms with E-state index in [1.165, 1.54) is 18.5 Å². The second kappa shape index (κ2) is 4.95. The maximum atomic E-state index is 6.04. The Morgan fingerprint density at radius 1 is 1.41 bits per heavy atom. The van der Waals surface area contributed by atoms with Crippen molar-refractivity contribution >= 4 is 11.5 Å². The molecule has 5 nitrogen and oxygen atoms in total. The number of nitrogens with zero attached hydrogens (tertiary/aromatic N) is 3. The van der Waals surface area contributed by atoms with Crippen LogP contribution >= 0.6 is 0 Å². The summed E-state index contributed by atoms with van der Waals surface area (Å²) in [6.45, 7) is 4.67. The zero-order valence-corrected chi connectivity index (χ0v) is 13.4. The summed E-state index contributed by atoms with van der Waals surface area (Å²) in [5.74, 6) is 1.54. The van der Waals surface area contributed by atoms with Crippen molar-refractivity contribution in [1.29, 1.82) is 0 Å². The summed E-state index contributed by atoms with van der Waals surface area (Å²) in [5, 5.41) is 8.07. The van der Waals surface area contributed by atoms with Gasteiger partial charge in [-0.05, 0) is 37.5 Å². The molecule has 0 aromatic carbocycles. The van der Waals surface area contributed by atoms with Crippen LogP contribution in [-0.2, 0) is 0 Å². The summed E-state index contributed by atoms with van der Waals surface area (Å²) >= 11 is 0. The summed E-state index contributed by atoms with van der Waals surface area (Å²) in [5.41, 5.74) is 8.58. The van der Waals surface area contributed by atoms with Gasteiger partial charge in [0.15, 0.2) is 5.65 Å². The molecule has 0 aliphatic heterocycles. The third-order valence-electron chi connectivity index (χ3n) is 5.73. The second-order valence-corrected chi connectivity index (χ2v) is 7.46. The van der Waals surface area contributed by atoms with Gasteiger partial charge in [-0.25, -0.2) is 4.98 Å². The Kier molecular flexibility index (Phi) is 3.15. The molecule has 3 atom stereocenters. The first kappa shape index (κ1) is 14.0. The molecule has 2 aromatic heterocycles. The van der Waals surface area contributed by atoms with Crippen molar-refractivity contribution < 1.29 is 0 Å². The van der Waals surface area contributed by atoms with Gasteiger partial charge in [-0.3, -0.25) is 0 Å². The lowest BCUT2D eigenvalue weighted by Gasteiger charge is -2.21. The van der Waals surface area contributed by atoms with Gasteiger partial charge in [-0.1, -0.05) is 13.8 Å². The fourth-order valence-corrected chi connectivity index (χ4v) is 3.60. The van der Waals surface area contributed by atoms with E-state index in [-0.39, 0.29) is 0 Å². The van der Waals surface area contributed by atoms with E-state index in [1.807, 2.05) is 16.8 Å². The van der Waals surface area contributed by atoms with Crippen LogP contribution in [0.4, 0.5) is 5.82 Å². The van der Waals surface area contributed by atoms with Crippen molar-refractivity contribution in [2.75, 3.05) is 5.32 Å². The molecule has 0 unspecified atom stereocenters. The highest BCUT2D eigenvalue weighted by Gasteiger charge is 2.43. The van der Waals surface area contributed by atoms with Gasteiger partial charge in [0.25, 0.3) is 0 Å². The van der Waals surface area contributed by atoms with Crippen molar-refractivity contribution in [2.45, 2.75) is 64.0 Å². The fourth-order valence-electron chi connectivity index (χ4n) is 3.60. The molecule has 0 amide bonds. The lowest BCUT2D eigenvalue weighted by molar-refractivity contribution is 0.460. The SMILES string of the molecule is C[C@H](c1cc(N[C@H]2CC[C@H](N)C2)n2nccc2n1)C1(C)CC1. The zero-order valence-electron chi connectivity index (χ0n) is 13.4. The van der Waals surface area contributed by atoms with E-state index in [2.05, 4.69) is 30.3 Å². The monoisotopic (exact) mass is 299 g/mol. The van der Waals surface area contributed by atoms with Crippen molar-refractivity contribution in [1.82, 2.24) is 14.6 Å². The van der Waals surface area contributed by atoms with Crippen LogP contribution in [0.2, 0.25) is 0 Å². The van der Waals surface area contributed by atoms with Crippen LogP contribution < -0.4 is 11.1 Å². The number of anilines is 1. The van der Waals surface area contributed by atoms with Gasteiger partial charge in [-0.15, -0.1) is 0 Å². The molecule has 0 saturated heterocycles. The highest BCUT2D eigenvalue weighted by atomic mass is 15.3. The predicted octanol–water partition coefficient (Wildman–Crippen LogP) is 2.92. The van der Waals surface area contributed by atoms with Crippen LogP contribution in [0.3, 0.4) is 0 Å². The summed E-state index contributed by atoms with van der Waals surface area (Å²) in [7, 11) is 0. The molecule has 4 rings (SSSR count). The molecule has 0 bridgehead atoms. The largest absolute Gasteiger partial charge is 0.367 e. The van der Waals surface area contributed by atoms with Crippen LogP contribution in [0.25, 0.3) is 5.65 Å². The highest BCUT2D eigenvalue weighted by molar-refractivity contribution is 5.50. The van der Waals surface area contributed by atoms with Gasteiger partial charge in [0.05, 0.1) is 6.20 Å². The third kappa shape index (κ3) is 2.37. The van der Waals surface area contributed by atoms with Crippen LogP contribution in [-0.4, -0.2) is 26.7 Å². The van der Waals surface area contributed by atoms with Gasteiger partial charge in [0, 0.05) is 35.8 Å². The summed E-state index contributed by atoms with van der Waals surface area (Å²) in [6, 6.07) is 4.95. The quantitative estimate of drug-likeness (QED) is 0.911. The Hall–Kier alpha value is -1.62. The first-order valence-corrected chi connectivity index (χ1v) is 8.42. The minimum Gasteiger partial charge on any atom is -0.367 e. The Morgan fingerprint density at radius 3 is 2.91 bits per heavy atom. The molecule has 0 spiro atoms. The Labute approximate surface area is 131 Å². The van der Waals surface area contributed by atoms with E-state index in [4.69, 9.17) is 10.7 Å². The van der Waals surface area contributed by atoms with Crippen LogP contribution in [0, 0.1) is 5.41 Å². The van der Waals surface area contributed by atoms with Gasteiger partial charge in [0.1, 0.15) is 5.82 Å². The normalized spacial score (nSPS) is 28.0. The third-order valence-corrected chi connectivity index (χ3v) is 5.73. The van der Waals surface area contributed by atoms with Gasteiger partial charge < -0.3 is 11.1 Å². The number of fused-ring (bicyclic) bond motifs is 1. The standard InChI is InChI=1S/C17H25N5/c1-11(17(2)6-7-17)14-10-16(20-13-4-3-12(18)9-13)22-15(21-14)5-8-19-22/h5,8,10-13,20H,3-4,6-7,9,18H2,1-2H3/t11-,12+,13+/m1/s1. The minimum atomic E-state index is 0.330. The maximum Gasteiger partial charge on any atom is 0.157 e. The Balaban J connectivity index is 1.68. The first-order chi connectivity index (χ1) is 10.5. The predicted molar refractivity (Wildman–Crippen MR) is 88.0 cm³/mol. The number of rotatable bonds is 4. The van der Waals surface area contributed by atoms with Crippen molar-refractivity contribution in [3.8, 4) is 0 Å². The average molecular weight is 299 g/mol. The molecule has 0 radical (unpaired) electrons. The van der Waals surface area contributed by atoms with Gasteiger partial charge in [-0.2, -0.15) is 9.61 Å². The highest BCUT2D eigenvalue weighted by Crippen LogP contribution is 2.55. The van der Waals surface area contributed by atoms with Crippen LogP contribution in [0.15, 0.2) is 18.3 Å². The average Bonchev–Trinajstić information content (AvgIpc) is 2.90. The summed E-state index contributed by atoms with van der Waals surface area (Å²) in [4.78, 5) is 4.83. The molecule has 22 heavy (non-hydrogen) atoms. The molecule has 2 saturated carbocycles. The lowest BCUT2D eigenvalue weighted by atomic mass is 9.89. The van der Waals surface area contributed by atoms with Crippen LogP contribution in [0.5, 0.6) is 0 Å². The molecule has 118 valence electrons. The van der Waals surface area contributed by atoms with Crippen molar-refractivity contribution in [3.05, 3.63) is 24.0 Å². The maximum absolute atomic E-state index is 6.04. The topological polar surface area (TPSA) is 68.2 Å². The van der Waals surface area contributed by atoms with E-state index >= 15 is 0 Å².